The molecule has 0 unspecified atom stereocenters. The van der Waals surface area contributed by atoms with Gasteiger partial charge >= 0.3 is 0 Å². The van der Waals surface area contributed by atoms with Crippen molar-refractivity contribution < 1.29 is 19.3 Å². The summed E-state index contributed by atoms with van der Waals surface area (Å²) in [5.41, 5.74) is 0.768. The number of nitrogens with zero attached hydrogens (tertiary/aromatic N) is 2. The van der Waals surface area contributed by atoms with Crippen LogP contribution in [0.3, 0.4) is 0 Å². The molecule has 2 aromatic rings. The lowest BCUT2D eigenvalue weighted by molar-refractivity contribution is -0.384. The van der Waals surface area contributed by atoms with Crippen LogP contribution in [0.1, 0.15) is 26.3 Å². The number of anilines is 1. The van der Waals surface area contributed by atoms with Crippen LogP contribution in [0.4, 0.5) is 11.4 Å². The van der Waals surface area contributed by atoms with Crippen LogP contribution in [0.15, 0.2) is 36.4 Å². The molecule has 0 aliphatic carbocycles. The van der Waals surface area contributed by atoms with Gasteiger partial charge in [-0.1, -0.05) is 17.7 Å². The molecule has 1 aliphatic rings. The quantitative estimate of drug-likeness (QED) is 0.503. The van der Waals surface area contributed by atoms with E-state index < -0.39 is 29.2 Å². The molecule has 8 nitrogen and oxygen atoms in total. The van der Waals surface area contributed by atoms with E-state index in [1.807, 2.05) is 0 Å². The fourth-order valence-electron chi connectivity index (χ4n) is 2.61. The van der Waals surface area contributed by atoms with Crippen LogP contribution in [-0.4, -0.2) is 34.1 Å². The third kappa shape index (κ3) is 3.02. The summed E-state index contributed by atoms with van der Waals surface area (Å²) in [7, 11) is 0. The molecule has 132 valence electrons. The van der Waals surface area contributed by atoms with Gasteiger partial charge in [0.1, 0.15) is 6.54 Å². The molecule has 0 saturated heterocycles. The lowest BCUT2D eigenvalue weighted by Gasteiger charge is -2.15. The van der Waals surface area contributed by atoms with E-state index in [2.05, 4.69) is 5.32 Å². The molecule has 3 rings (SSSR count). The molecule has 9 heteroatoms. The number of carbonyl (C=O) groups is 3. The maximum atomic E-state index is 12.4. The smallest absolute Gasteiger partial charge is 0.270 e. The van der Waals surface area contributed by atoms with Gasteiger partial charge in [0.15, 0.2) is 0 Å². The molecule has 0 fully saturated rings. The monoisotopic (exact) mass is 373 g/mol. The van der Waals surface area contributed by atoms with Crippen molar-refractivity contribution in [3.63, 3.8) is 0 Å². The largest absolute Gasteiger partial charge is 0.324 e. The minimum absolute atomic E-state index is 0.0346. The van der Waals surface area contributed by atoms with Crippen LogP contribution in [0.25, 0.3) is 0 Å². The van der Waals surface area contributed by atoms with Gasteiger partial charge in [-0.15, -0.1) is 0 Å². The predicted octanol–water partition coefficient (Wildman–Crippen LogP) is 2.79. The third-order valence-electron chi connectivity index (χ3n) is 4.01. The topological polar surface area (TPSA) is 110 Å². The minimum Gasteiger partial charge on any atom is -0.324 e. The Labute approximate surface area is 152 Å². The second-order valence-corrected chi connectivity index (χ2v) is 6.05. The molecule has 0 spiro atoms. The highest BCUT2D eigenvalue weighted by Crippen LogP contribution is 2.27. The number of fused-ring (bicyclic) bond motifs is 1. The first-order valence-corrected chi connectivity index (χ1v) is 7.87. The first kappa shape index (κ1) is 17.6. The fraction of sp³-hybridized carbons (Fsp3) is 0.118. The maximum absolute atomic E-state index is 12.4. The maximum Gasteiger partial charge on any atom is 0.270 e. The molecule has 0 bridgehead atoms. The van der Waals surface area contributed by atoms with Crippen LogP contribution < -0.4 is 5.32 Å². The summed E-state index contributed by atoms with van der Waals surface area (Å²) >= 11 is 5.99. The van der Waals surface area contributed by atoms with Gasteiger partial charge in [0.05, 0.1) is 16.1 Å². The van der Waals surface area contributed by atoms with E-state index in [1.54, 1.807) is 25.1 Å². The van der Waals surface area contributed by atoms with Crippen LogP contribution >= 0.6 is 11.6 Å². The number of amides is 3. The first-order chi connectivity index (χ1) is 12.3. The van der Waals surface area contributed by atoms with Gasteiger partial charge in [-0.25, -0.2) is 0 Å². The van der Waals surface area contributed by atoms with Gasteiger partial charge in [0, 0.05) is 22.8 Å². The number of nitro groups is 1. The van der Waals surface area contributed by atoms with E-state index in [-0.39, 0.29) is 16.8 Å². The van der Waals surface area contributed by atoms with Gasteiger partial charge in [0.25, 0.3) is 17.5 Å². The van der Waals surface area contributed by atoms with Gasteiger partial charge in [-0.05, 0) is 30.7 Å². The van der Waals surface area contributed by atoms with E-state index in [0.717, 1.165) is 17.0 Å². The van der Waals surface area contributed by atoms with Gasteiger partial charge in [-0.3, -0.25) is 29.4 Å². The van der Waals surface area contributed by atoms with Gasteiger partial charge in [-0.2, -0.15) is 0 Å². The van der Waals surface area contributed by atoms with Crippen LogP contribution in [0.5, 0.6) is 0 Å². The Morgan fingerprint density at radius 1 is 1.19 bits per heavy atom. The molecule has 1 N–H and O–H groups in total. The van der Waals surface area contributed by atoms with Gasteiger partial charge in [0.2, 0.25) is 5.91 Å². The summed E-state index contributed by atoms with van der Waals surface area (Å²) in [6, 6.07) is 8.37. The molecular formula is C17H12ClN3O5. The Balaban J connectivity index is 1.79. The van der Waals surface area contributed by atoms with Crippen molar-refractivity contribution in [2.45, 2.75) is 6.92 Å². The van der Waals surface area contributed by atoms with Crippen molar-refractivity contribution in [2.75, 3.05) is 11.9 Å². The Bertz CT molecular complexity index is 973. The van der Waals surface area contributed by atoms with Crippen molar-refractivity contribution in [1.82, 2.24) is 4.90 Å². The summed E-state index contributed by atoms with van der Waals surface area (Å²) < 4.78 is 0. The predicted molar refractivity (Wildman–Crippen MR) is 93.3 cm³/mol. The van der Waals surface area contributed by atoms with E-state index in [1.165, 1.54) is 6.07 Å². The lowest BCUT2D eigenvalue weighted by atomic mass is 10.1. The number of hydrogen-bond donors (Lipinski definition) is 1. The third-order valence-corrected chi connectivity index (χ3v) is 4.42. The average Bonchev–Trinajstić information content (AvgIpc) is 2.83. The molecule has 1 aliphatic heterocycles. The summed E-state index contributed by atoms with van der Waals surface area (Å²) in [5.74, 6) is -2.00. The number of nitrogens with one attached hydrogen (secondary N) is 1. The zero-order valence-electron chi connectivity index (χ0n) is 13.5. The molecule has 2 aromatic carbocycles. The molecular weight excluding hydrogens is 362 g/mol. The van der Waals surface area contributed by atoms with Crippen molar-refractivity contribution in [2.24, 2.45) is 0 Å². The van der Waals surface area contributed by atoms with E-state index >= 15 is 0 Å². The lowest BCUT2D eigenvalue weighted by Crippen LogP contribution is -2.37. The Kier molecular flexibility index (Phi) is 4.43. The summed E-state index contributed by atoms with van der Waals surface area (Å²) in [5, 5.41) is 13.9. The zero-order chi connectivity index (χ0) is 19.0. The highest BCUT2D eigenvalue weighted by Gasteiger charge is 2.37. The number of non-ortho nitro benzene ring substituents is 1. The van der Waals surface area contributed by atoms with Crippen LogP contribution in [-0.2, 0) is 4.79 Å². The molecule has 0 saturated carbocycles. The molecule has 1 heterocycles. The number of imide groups is 1. The molecule has 3 amide bonds. The van der Waals surface area contributed by atoms with E-state index in [9.17, 15) is 24.5 Å². The van der Waals surface area contributed by atoms with E-state index in [4.69, 9.17) is 11.6 Å². The average molecular weight is 374 g/mol. The minimum atomic E-state index is -0.744. The molecule has 0 aromatic heterocycles. The number of nitro benzene ring substituents is 1. The summed E-state index contributed by atoms with van der Waals surface area (Å²) in [6.07, 6.45) is 0. The fourth-order valence-corrected chi connectivity index (χ4v) is 2.79. The number of benzene rings is 2. The highest BCUT2D eigenvalue weighted by molar-refractivity contribution is 6.31. The molecule has 0 radical (unpaired) electrons. The number of carbonyl (C=O) groups excluding carboxylic acids is 3. The number of rotatable bonds is 4. The Hall–Kier alpha value is -3.26. The summed E-state index contributed by atoms with van der Waals surface area (Å²) in [6.45, 7) is 1.21. The van der Waals surface area contributed by atoms with Crippen LogP contribution in [0, 0.1) is 17.0 Å². The summed E-state index contributed by atoms with van der Waals surface area (Å²) in [4.78, 5) is 47.9. The normalized spacial score (nSPS) is 12.9. The highest BCUT2D eigenvalue weighted by atomic mass is 35.5. The van der Waals surface area contributed by atoms with Crippen molar-refractivity contribution in [3.8, 4) is 0 Å². The first-order valence-electron chi connectivity index (χ1n) is 7.49. The number of hydrogen-bond acceptors (Lipinski definition) is 5. The Morgan fingerprint density at radius 3 is 2.58 bits per heavy atom. The van der Waals surface area contributed by atoms with Crippen molar-refractivity contribution in [3.05, 3.63) is 68.2 Å². The van der Waals surface area contributed by atoms with Crippen molar-refractivity contribution >= 4 is 40.7 Å². The van der Waals surface area contributed by atoms with Crippen molar-refractivity contribution in [1.29, 1.82) is 0 Å². The second-order valence-electron chi connectivity index (χ2n) is 5.64. The molecule has 0 atom stereocenters. The molecule has 26 heavy (non-hydrogen) atoms. The van der Waals surface area contributed by atoms with Gasteiger partial charge < -0.3 is 5.32 Å². The zero-order valence-corrected chi connectivity index (χ0v) is 14.2. The van der Waals surface area contributed by atoms with Crippen LogP contribution in [0.2, 0.25) is 5.02 Å². The second kappa shape index (κ2) is 6.57. The number of halogens is 1. The standard InChI is InChI=1S/C17H12ClN3O5/c1-9-13(18)3-2-4-14(9)19-15(22)8-20-16(23)11-6-5-10(21(25)26)7-12(11)17(20)24/h2-7H,8H2,1H3,(H,19,22). The van der Waals surface area contributed by atoms with E-state index in [0.29, 0.717) is 16.3 Å². The SMILES string of the molecule is Cc1c(Cl)cccc1NC(=O)CN1C(=O)c2ccc([N+](=O)[O-])cc2C1=O. The Morgan fingerprint density at radius 2 is 1.88 bits per heavy atom.